The second-order valence-electron chi connectivity index (χ2n) is 6.09. The van der Waals surface area contributed by atoms with Crippen molar-refractivity contribution in [3.8, 4) is 17.3 Å². The Morgan fingerprint density at radius 3 is 2.72 bits per heavy atom. The quantitative estimate of drug-likeness (QED) is 0.240. The van der Waals surface area contributed by atoms with Gasteiger partial charge in [-0.15, -0.1) is 0 Å². The number of halogens is 1. The van der Waals surface area contributed by atoms with Crippen LogP contribution in [0.15, 0.2) is 60.8 Å². The average molecular weight is 407 g/mol. The van der Waals surface area contributed by atoms with E-state index in [2.05, 4.69) is 11.2 Å². The Hall–Kier alpha value is -3.76. The largest absolute Gasteiger partial charge is 0.289 e. The van der Waals surface area contributed by atoms with Gasteiger partial charge in [-0.1, -0.05) is 41.9 Å². The Balaban J connectivity index is 1.92. The fourth-order valence-corrected chi connectivity index (χ4v) is 2.91. The molecular weight excluding hydrogens is 392 g/mol. The lowest BCUT2D eigenvalue weighted by atomic mass is 10.1. The van der Waals surface area contributed by atoms with Gasteiger partial charge in [0.2, 0.25) is 0 Å². The molecule has 0 aliphatic heterocycles. The van der Waals surface area contributed by atoms with E-state index < -0.39 is 10.7 Å². The minimum absolute atomic E-state index is 0.0272. The van der Waals surface area contributed by atoms with Crippen molar-refractivity contribution in [2.75, 3.05) is 0 Å². The normalized spacial score (nSPS) is 10.8. The lowest BCUT2D eigenvalue weighted by molar-refractivity contribution is -0.384. The van der Waals surface area contributed by atoms with Crippen molar-refractivity contribution >= 4 is 29.1 Å². The van der Waals surface area contributed by atoms with E-state index in [1.165, 1.54) is 18.2 Å². The maximum absolute atomic E-state index is 12.5. The molecule has 0 aliphatic rings. The SMILES string of the molecule is N#CCCn1cc(/C=C/C(=O)c2ccc(Cl)c([N+](=O)[O-])c2)c(-c2ccccc2)n1. The van der Waals surface area contributed by atoms with Crippen LogP contribution >= 0.6 is 11.6 Å². The van der Waals surface area contributed by atoms with E-state index in [1.54, 1.807) is 17.0 Å². The van der Waals surface area contributed by atoms with Crippen LogP contribution in [0.1, 0.15) is 22.3 Å². The van der Waals surface area contributed by atoms with E-state index in [-0.39, 0.29) is 16.3 Å². The molecule has 1 aromatic heterocycles. The van der Waals surface area contributed by atoms with Gasteiger partial charge in [-0.2, -0.15) is 10.4 Å². The molecule has 0 saturated heterocycles. The molecule has 29 heavy (non-hydrogen) atoms. The minimum Gasteiger partial charge on any atom is -0.289 e. The number of carbonyl (C=O) groups is 1. The van der Waals surface area contributed by atoms with E-state index in [1.807, 2.05) is 30.3 Å². The van der Waals surface area contributed by atoms with Crippen molar-refractivity contribution in [3.63, 3.8) is 0 Å². The number of carbonyl (C=O) groups excluding carboxylic acids is 1. The maximum atomic E-state index is 12.5. The topological polar surface area (TPSA) is 102 Å². The van der Waals surface area contributed by atoms with Gasteiger partial charge in [0, 0.05) is 29.0 Å². The predicted octanol–water partition coefficient (Wildman–Crippen LogP) is 4.92. The fraction of sp³-hybridized carbons (Fsp3) is 0.0952. The van der Waals surface area contributed by atoms with Crippen LogP contribution in [0.5, 0.6) is 0 Å². The summed E-state index contributed by atoms with van der Waals surface area (Å²) < 4.78 is 1.66. The molecule has 3 aromatic rings. The van der Waals surface area contributed by atoms with E-state index in [4.69, 9.17) is 16.9 Å². The lowest BCUT2D eigenvalue weighted by Crippen LogP contribution is -1.97. The predicted molar refractivity (Wildman–Crippen MR) is 109 cm³/mol. The molecule has 0 fully saturated rings. The number of ketones is 1. The number of benzene rings is 2. The van der Waals surface area contributed by atoms with Crippen LogP contribution < -0.4 is 0 Å². The smallest absolute Gasteiger partial charge is 0.288 e. The number of hydrogen-bond acceptors (Lipinski definition) is 5. The Morgan fingerprint density at radius 2 is 2.03 bits per heavy atom. The molecule has 144 valence electrons. The van der Waals surface area contributed by atoms with Gasteiger partial charge in [-0.25, -0.2) is 0 Å². The van der Waals surface area contributed by atoms with Crippen molar-refractivity contribution in [1.29, 1.82) is 5.26 Å². The summed E-state index contributed by atoms with van der Waals surface area (Å²) in [4.78, 5) is 22.9. The molecular formula is C21H15ClN4O3. The Labute approximate surface area is 171 Å². The van der Waals surface area contributed by atoms with Gasteiger partial charge < -0.3 is 0 Å². The molecule has 0 radical (unpaired) electrons. The standard InChI is InChI=1S/C21H15ClN4O3/c22-18-9-7-16(13-19(18)26(28)29)20(27)10-8-17-14-25(12-4-11-23)24-21(17)15-5-2-1-3-6-15/h1-3,5-10,13-14H,4,12H2/b10-8+. The molecule has 0 spiro atoms. The summed E-state index contributed by atoms with van der Waals surface area (Å²) in [5.74, 6) is -0.395. The summed E-state index contributed by atoms with van der Waals surface area (Å²) in [5.41, 5.74) is 2.09. The molecule has 0 saturated carbocycles. The van der Waals surface area contributed by atoms with Crippen LogP contribution in [0.2, 0.25) is 5.02 Å². The number of hydrogen-bond donors (Lipinski definition) is 0. The zero-order valence-corrected chi connectivity index (χ0v) is 15.9. The van der Waals surface area contributed by atoms with Crippen molar-refractivity contribution in [2.24, 2.45) is 0 Å². The third kappa shape index (κ3) is 4.75. The molecule has 0 amide bonds. The highest BCUT2D eigenvalue weighted by molar-refractivity contribution is 6.32. The maximum Gasteiger partial charge on any atom is 0.288 e. The number of nitro groups is 1. The molecule has 0 atom stereocenters. The van der Waals surface area contributed by atoms with Crippen LogP contribution in [-0.2, 0) is 6.54 Å². The van der Waals surface area contributed by atoms with Crippen LogP contribution in [0, 0.1) is 21.4 Å². The Morgan fingerprint density at radius 1 is 1.28 bits per heavy atom. The van der Waals surface area contributed by atoms with Crippen molar-refractivity contribution in [1.82, 2.24) is 9.78 Å². The van der Waals surface area contributed by atoms with Crippen LogP contribution in [0.4, 0.5) is 5.69 Å². The zero-order valence-electron chi connectivity index (χ0n) is 15.2. The Kier molecular flexibility index (Phi) is 6.17. The van der Waals surface area contributed by atoms with E-state index >= 15 is 0 Å². The molecule has 1 heterocycles. The molecule has 0 unspecified atom stereocenters. The fourth-order valence-electron chi connectivity index (χ4n) is 2.73. The van der Waals surface area contributed by atoms with Gasteiger partial charge in [0.05, 0.1) is 29.7 Å². The summed E-state index contributed by atoms with van der Waals surface area (Å²) in [6.45, 7) is 0.432. The summed E-state index contributed by atoms with van der Waals surface area (Å²) in [5, 5.41) is 24.3. The zero-order chi connectivity index (χ0) is 20.8. The second-order valence-corrected chi connectivity index (χ2v) is 6.50. The summed E-state index contributed by atoms with van der Waals surface area (Å²) in [6, 6.07) is 15.5. The Bertz CT molecular complexity index is 1130. The van der Waals surface area contributed by atoms with Gasteiger partial charge in [0.15, 0.2) is 5.78 Å². The number of rotatable bonds is 7. The van der Waals surface area contributed by atoms with Crippen LogP contribution in [0.3, 0.4) is 0 Å². The van der Waals surface area contributed by atoms with Gasteiger partial charge in [0.1, 0.15) is 5.02 Å². The molecule has 0 aliphatic carbocycles. The molecule has 3 rings (SSSR count). The molecule has 2 aromatic carbocycles. The lowest BCUT2D eigenvalue weighted by Gasteiger charge is -2.00. The van der Waals surface area contributed by atoms with Gasteiger partial charge in [-0.3, -0.25) is 19.6 Å². The first kappa shape index (κ1) is 20.0. The third-order valence-corrected chi connectivity index (χ3v) is 4.45. The van der Waals surface area contributed by atoms with E-state index in [0.29, 0.717) is 24.2 Å². The minimum atomic E-state index is -0.629. The van der Waals surface area contributed by atoms with Crippen molar-refractivity contribution in [3.05, 3.63) is 87.1 Å². The second kappa shape index (κ2) is 8.95. The molecule has 0 N–H and O–H groups in total. The average Bonchev–Trinajstić information content (AvgIpc) is 3.14. The van der Waals surface area contributed by atoms with Crippen molar-refractivity contribution in [2.45, 2.75) is 13.0 Å². The third-order valence-electron chi connectivity index (χ3n) is 4.13. The number of nitro benzene ring substituents is 1. The summed E-state index contributed by atoms with van der Waals surface area (Å²) in [6.07, 6.45) is 5.02. The first-order chi connectivity index (χ1) is 14.0. The van der Waals surface area contributed by atoms with Crippen molar-refractivity contribution < 1.29 is 9.72 Å². The highest BCUT2D eigenvalue weighted by atomic mass is 35.5. The highest BCUT2D eigenvalue weighted by Gasteiger charge is 2.15. The van der Waals surface area contributed by atoms with Gasteiger partial charge in [-0.05, 0) is 24.3 Å². The van der Waals surface area contributed by atoms with Crippen LogP contribution in [-0.4, -0.2) is 20.5 Å². The molecule has 7 nitrogen and oxygen atoms in total. The molecule has 0 bridgehead atoms. The van der Waals surface area contributed by atoms with Gasteiger partial charge in [0.25, 0.3) is 5.69 Å². The number of nitriles is 1. The van der Waals surface area contributed by atoms with E-state index in [0.717, 1.165) is 11.6 Å². The van der Waals surface area contributed by atoms with E-state index in [9.17, 15) is 14.9 Å². The van der Waals surface area contributed by atoms with Crippen LogP contribution in [0.25, 0.3) is 17.3 Å². The highest BCUT2D eigenvalue weighted by Crippen LogP contribution is 2.26. The summed E-state index contributed by atoms with van der Waals surface area (Å²) in [7, 11) is 0. The number of allylic oxidation sites excluding steroid dienone is 1. The number of nitrogens with zero attached hydrogens (tertiary/aromatic N) is 4. The summed E-state index contributed by atoms with van der Waals surface area (Å²) >= 11 is 5.80. The monoisotopic (exact) mass is 406 g/mol. The first-order valence-corrected chi connectivity index (χ1v) is 9.03. The number of aryl methyl sites for hydroxylation is 1. The first-order valence-electron chi connectivity index (χ1n) is 8.66. The number of aromatic nitrogens is 2. The van der Waals surface area contributed by atoms with Gasteiger partial charge >= 0.3 is 0 Å². The molecule has 8 heteroatoms.